The van der Waals surface area contributed by atoms with E-state index in [2.05, 4.69) is 10.6 Å². The van der Waals surface area contributed by atoms with E-state index >= 15 is 0 Å². The van der Waals surface area contributed by atoms with E-state index in [0.717, 1.165) is 22.6 Å². The van der Waals surface area contributed by atoms with E-state index in [4.69, 9.17) is 14.2 Å². The lowest BCUT2D eigenvalue weighted by atomic mass is 10.2. The average Bonchev–Trinajstić information content (AvgIpc) is 3.20. The maximum atomic E-state index is 12.3. The first-order chi connectivity index (χ1) is 14.5. The molecule has 1 heterocycles. The number of ether oxygens (including phenoxy) is 3. The molecule has 8 heteroatoms. The number of carbonyl (C=O) groups is 2. The lowest BCUT2D eigenvalue weighted by Crippen LogP contribution is -2.40. The largest absolute Gasteiger partial charge is 0.495 e. The molecule has 30 heavy (non-hydrogen) atoms. The Bertz CT molecular complexity index is 916. The lowest BCUT2D eigenvalue weighted by Gasteiger charge is -2.20. The summed E-state index contributed by atoms with van der Waals surface area (Å²) in [7, 11) is 1.54. The van der Waals surface area contributed by atoms with Crippen molar-refractivity contribution < 1.29 is 23.8 Å². The minimum absolute atomic E-state index is 0.114. The Morgan fingerprint density at radius 3 is 2.67 bits per heavy atom. The van der Waals surface area contributed by atoms with Gasteiger partial charge in [0.1, 0.15) is 5.75 Å². The minimum atomic E-state index is -0.314. The molecule has 0 fully saturated rings. The predicted molar refractivity (Wildman–Crippen MR) is 113 cm³/mol. The molecule has 1 aliphatic heterocycles. The monoisotopic (exact) mass is 413 g/mol. The standard InChI is InChI=1S/C22H27N3O5/c1-4-25(12-16-6-8-19-20(10-16)30-14-29-19)13-22(27)23-11-21(26)24-17-9-15(2)5-7-18(17)28-3/h5-10H,4,11-14H2,1-3H3,(H,23,27)(H,24,26). The first-order valence-electron chi connectivity index (χ1n) is 9.80. The van der Waals surface area contributed by atoms with E-state index < -0.39 is 0 Å². The second-order valence-electron chi connectivity index (χ2n) is 7.02. The fourth-order valence-electron chi connectivity index (χ4n) is 3.13. The quantitative estimate of drug-likeness (QED) is 0.656. The molecule has 0 aliphatic carbocycles. The first-order valence-corrected chi connectivity index (χ1v) is 9.80. The zero-order valence-electron chi connectivity index (χ0n) is 17.5. The number of rotatable bonds is 9. The Kier molecular flexibility index (Phi) is 7.13. The van der Waals surface area contributed by atoms with Gasteiger partial charge in [-0.15, -0.1) is 0 Å². The molecular weight excluding hydrogens is 386 g/mol. The summed E-state index contributed by atoms with van der Waals surface area (Å²) in [5.74, 6) is 1.49. The van der Waals surface area contributed by atoms with E-state index in [1.54, 1.807) is 13.2 Å². The Labute approximate surface area is 176 Å². The van der Waals surface area contributed by atoms with Crippen LogP contribution in [0.2, 0.25) is 0 Å². The molecule has 0 saturated carbocycles. The summed E-state index contributed by atoms with van der Waals surface area (Å²) < 4.78 is 16.0. The summed E-state index contributed by atoms with van der Waals surface area (Å²) in [6, 6.07) is 11.3. The van der Waals surface area contributed by atoms with Crippen LogP contribution >= 0.6 is 0 Å². The minimum Gasteiger partial charge on any atom is -0.495 e. The SMILES string of the molecule is CCN(CC(=O)NCC(=O)Nc1cc(C)ccc1OC)Cc1ccc2c(c1)OCO2. The van der Waals surface area contributed by atoms with Crippen molar-refractivity contribution >= 4 is 17.5 Å². The summed E-state index contributed by atoms with van der Waals surface area (Å²) in [6.07, 6.45) is 0. The molecule has 1 aliphatic rings. The van der Waals surface area contributed by atoms with Crippen molar-refractivity contribution in [3.63, 3.8) is 0 Å². The number of amides is 2. The smallest absolute Gasteiger partial charge is 0.243 e. The number of aryl methyl sites for hydroxylation is 1. The Balaban J connectivity index is 1.48. The molecule has 2 aromatic rings. The number of carbonyl (C=O) groups excluding carboxylic acids is 2. The zero-order chi connectivity index (χ0) is 21.5. The molecule has 2 N–H and O–H groups in total. The topological polar surface area (TPSA) is 89.1 Å². The van der Waals surface area contributed by atoms with E-state index in [0.29, 0.717) is 24.5 Å². The molecule has 0 aromatic heterocycles. The number of hydrogen-bond acceptors (Lipinski definition) is 6. The van der Waals surface area contributed by atoms with Crippen LogP contribution in [0, 0.1) is 6.92 Å². The number of fused-ring (bicyclic) bond motifs is 1. The van der Waals surface area contributed by atoms with E-state index in [-0.39, 0.29) is 31.7 Å². The number of nitrogens with zero attached hydrogens (tertiary/aromatic N) is 1. The van der Waals surface area contributed by atoms with Gasteiger partial charge in [0.05, 0.1) is 25.9 Å². The van der Waals surface area contributed by atoms with Gasteiger partial charge in [0.2, 0.25) is 18.6 Å². The Morgan fingerprint density at radius 2 is 1.90 bits per heavy atom. The summed E-state index contributed by atoms with van der Waals surface area (Å²) in [5, 5.41) is 5.44. The van der Waals surface area contributed by atoms with Crippen molar-refractivity contribution in [2.75, 3.05) is 38.9 Å². The third kappa shape index (κ3) is 5.64. The van der Waals surface area contributed by atoms with E-state index in [9.17, 15) is 9.59 Å². The normalized spacial score (nSPS) is 12.0. The summed E-state index contributed by atoms with van der Waals surface area (Å²) in [6.45, 7) is 5.49. The highest BCUT2D eigenvalue weighted by Gasteiger charge is 2.16. The van der Waals surface area contributed by atoms with Gasteiger partial charge in [0, 0.05) is 6.54 Å². The average molecular weight is 413 g/mol. The van der Waals surface area contributed by atoms with Crippen LogP contribution < -0.4 is 24.8 Å². The zero-order valence-corrected chi connectivity index (χ0v) is 17.5. The molecule has 0 radical (unpaired) electrons. The van der Waals surface area contributed by atoms with Gasteiger partial charge in [-0.2, -0.15) is 0 Å². The van der Waals surface area contributed by atoms with Gasteiger partial charge in [0.25, 0.3) is 0 Å². The molecule has 0 spiro atoms. The molecule has 0 atom stereocenters. The van der Waals surface area contributed by atoms with Gasteiger partial charge < -0.3 is 24.8 Å². The summed E-state index contributed by atoms with van der Waals surface area (Å²) in [5.41, 5.74) is 2.60. The van der Waals surface area contributed by atoms with E-state index in [1.807, 2.05) is 49.1 Å². The van der Waals surface area contributed by atoms with Crippen LogP contribution in [0.3, 0.4) is 0 Å². The molecule has 160 valence electrons. The van der Waals surface area contributed by atoms with Crippen molar-refractivity contribution in [3.8, 4) is 17.2 Å². The van der Waals surface area contributed by atoms with Crippen LogP contribution in [-0.4, -0.2) is 50.3 Å². The van der Waals surface area contributed by atoms with Crippen LogP contribution in [0.1, 0.15) is 18.1 Å². The van der Waals surface area contributed by atoms with Crippen LogP contribution in [0.25, 0.3) is 0 Å². The highest BCUT2D eigenvalue weighted by molar-refractivity contribution is 5.96. The second-order valence-corrected chi connectivity index (χ2v) is 7.02. The van der Waals surface area contributed by atoms with Crippen LogP contribution in [-0.2, 0) is 16.1 Å². The molecule has 0 saturated heterocycles. The van der Waals surface area contributed by atoms with Crippen molar-refractivity contribution in [2.24, 2.45) is 0 Å². The number of likely N-dealkylation sites (N-methyl/N-ethyl adjacent to an activating group) is 1. The summed E-state index contributed by atoms with van der Waals surface area (Å²) >= 11 is 0. The third-order valence-corrected chi connectivity index (χ3v) is 4.73. The number of benzene rings is 2. The van der Waals surface area contributed by atoms with Gasteiger partial charge in [-0.25, -0.2) is 0 Å². The maximum absolute atomic E-state index is 12.3. The maximum Gasteiger partial charge on any atom is 0.243 e. The van der Waals surface area contributed by atoms with Crippen molar-refractivity contribution in [1.29, 1.82) is 0 Å². The fraction of sp³-hybridized carbons (Fsp3) is 0.364. The van der Waals surface area contributed by atoms with Crippen LogP contribution in [0.15, 0.2) is 36.4 Å². The molecule has 2 aromatic carbocycles. The van der Waals surface area contributed by atoms with Gasteiger partial charge in [0.15, 0.2) is 11.5 Å². The fourth-order valence-corrected chi connectivity index (χ4v) is 3.13. The van der Waals surface area contributed by atoms with Crippen molar-refractivity contribution in [3.05, 3.63) is 47.5 Å². The van der Waals surface area contributed by atoms with Gasteiger partial charge in [-0.05, 0) is 48.9 Å². The first kappa shape index (κ1) is 21.4. The van der Waals surface area contributed by atoms with Crippen molar-refractivity contribution in [2.45, 2.75) is 20.4 Å². The third-order valence-electron chi connectivity index (χ3n) is 4.73. The van der Waals surface area contributed by atoms with Crippen LogP contribution in [0.5, 0.6) is 17.2 Å². The molecule has 8 nitrogen and oxygen atoms in total. The molecule has 3 rings (SSSR count). The number of methoxy groups -OCH3 is 1. The Morgan fingerprint density at radius 1 is 1.10 bits per heavy atom. The predicted octanol–water partition coefficient (Wildman–Crippen LogP) is 2.31. The molecule has 2 amide bonds. The highest BCUT2D eigenvalue weighted by Crippen LogP contribution is 2.32. The van der Waals surface area contributed by atoms with Gasteiger partial charge in [-0.3, -0.25) is 14.5 Å². The number of nitrogens with one attached hydrogen (secondary N) is 2. The Hall–Kier alpha value is -3.26. The number of hydrogen-bond donors (Lipinski definition) is 2. The number of anilines is 1. The summed E-state index contributed by atoms with van der Waals surface area (Å²) in [4.78, 5) is 26.5. The van der Waals surface area contributed by atoms with Crippen molar-refractivity contribution in [1.82, 2.24) is 10.2 Å². The molecular formula is C22H27N3O5. The highest BCUT2D eigenvalue weighted by atomic mass is 16.7. The lowest BCUT2D eigenvalue weighted by molar-refractivity contribution is -0.125. The van der Waals surface area contributed by atoms with Crippen LogP contribution in [0.4, 0.5) is 5.69 Å². The molecule has 0 bridgehead atoms. The second kappa shape index (κ2) is 9.98. The van der Waals surface area contributed by atoms with Gasteiger partial charge in [-0.1, -0.05) is 19.1 Å². The van der Waals surface area contributed by atoms with Gasteiger partial charge >= 0.3 is 0 Å². The molecule has 0 unspecified atom stereocenters. The van der Waals surface area contributed by atoms with E-state index in [1.165, 1.54) is 0 Å².